The lowest BCUT2D eigenvalue weighted by Gasteiger charge is -1.88. The third-order valence-corrected chi connectivity index (χ3v) is 1.50. The van der Waals surface area contributed by atoms with Crippen LogP contribution in [0, 0.1) is 0 Å². The van der Waals surface area contributed by atoms with E-state index in [1.807, 2.05) is 18.2 Å². The Kier molecular flexibility index (Phi) is 1.98. The summed E-state index contributed by atoms with van der Waals surface area (Å²) in [6.07, 6.45) is 0. The fraction of sp³-hybridized carbons (Fsp3) is 0. The maximum Gasteiger partial charge on any atom is 0.106 e. The Morgan fingerprint density at radius 3 is 2.62 bits per heavy atom. The zero-order chi connectivity index (χ0) is 5.98. The molecule has 0 aromatic carbocycles. The SMILES string of the molecule is Pc1cccc(Br)n1. The standard InChI is InChI=1S/C5H5BrNP/c6-4-2-1-3-5(8)7-4/h1-3H,8H2. The third kappa shape index (κ3) is 1.53. The van der Waals surface area contributed by atoms with Crippen LogP contribution in [0.25, 0.3) is 0 Å². The van der Waals surface area contributed by atoms with E-state index in [9.17, 15) is 0 Å². The molecular formula is C5H5BrNP. The first-order valence-electron chi connectivity index (χ1n) is 2.17. The molecule has 1 heterocycles. The molecule has 1 unspecified atom stereocenters. The topological polar surface area (TPSA) is 12.9 Å². The Bertz CT molecular complexity index is 172. The molecule has 0 bridgehead atoms. The fourth-order valence-corrected chi connectivity index (χ4v) is 1.22. The smallest absolute Gasteiger partial charge is 0.106 e. The Hall–Kier alpha value is 0.0600. The van der Waals surface area contributed by atoms with Crippen molar-refractivity contribution in [3.8, 4) is 0 Å². The highest BCUT2D eigenvalue weighted by Crippen LogP contribution is 2.01. The van der Waals surface area contributed by atoms with Crippen molar-refractivity contribution in [2.75, 3.05) is 0 Å². The van der Waals surface area contributed by atoms with Crippen molar-refractivity contribution in [3.63, 3.8) is 0 Å². The lowest BCUT2D eigenvalue weighted by Crippen LogP contribution is -1.94. The Morgan fingerprint density at radius 1 is 1.50 bits per heavy atom. The summed E-state index contributed by atoms with van der Waals surface area (Å²) in [6.45, 7) is 0. The van der Waals surface area contributed by atoms with E-state index in [4.69, 9.17) is 0 Å². The summed E-state index contributed by atoms with van der Waals surface area (Å²) in [5, 5.41) is 0. The molecule has 8 heavy (non-hydrogen) atoms. The van der Waals surface area contributed by atoms with E-state index >= 15 is 0 Å². The Labute approximate surface area is 58.8 Å². The molecule has 0 amide bonds. The summed E-state index contributed by atoms with van der Waals surface area (Å²) in [5.41, 5.74) is 0.958. The molecule has 0 radical (unpaired) electrons. The van der Waals surface area contributed by atoms with Gasteiger partial charge < -0.3 is 0 Å². The largest absolute Gasteiger partial charge is 0.242 e. The summed E-state index contributed by atoms with van der Waals surface area (Å²) in [7, 11) is 2.52. The molecule has 0 saturated carbocycles. The number of nitrogens with zero attached hydrogens (tertiary/aromatic N) is 1. The quantitative estimate of drug-likeness (QED) is 0.444. The molecule has 0 aliphatic rings. The van der Waals surface area contributed by atoms with E-state index in [0.717, 1.165) is 10.0 Å². The van der Waals surface area contributed by atoms with Crippen LogP contribution in [0.2, 0.25) is 0 Å². The summed E-state index contributed by atoms with van der Waals surface area (Å²) in [6, 6.07) is 5.77. The van der Waals surface area contributed by atoms with Crippen LogP contribution < -0.4 is 5.44 Å². The Balaban J connectivity index is 3.08. The van der Waals surface area contributed by atoms with Crippen LogP contribution in [0.3, 0.4) is 0 Å². The van der Waals surface area contributed by atoms with Crippen molar-refractivity contribution in [1.82, 2.24) is 4.98 Å². The fourth-order valence-electron chi connectivity index (χ4n) is 0.424. The van der Waals surface area contributed by atoms with Crippen molar-refractivity contribution in [1.29, 1.82) is 0 Å². The maximum atomic E-state index is 4.05. The second kappa shape index (κ2) is 2.56. The van der Waals surface area contributed by atoms with E-state index in [-0.39, 0.29) is 0 Å². The second-order valence-corrected chi connectivity index (χ2v) is 2.79. The van der Waals surface area contributed by atoms with Crippen molar-refractivity contribution in [2.45, 2.75) is 0 Å². The highest BCUT2D eigenvalue weighted by molar-refractivity contribution is 9.10. The zero-order valence-electron chi connectivity index (χ0n) is 4.13. The average molecular weight is 190 g/mol. The van der Waals surface area contributed by atoms with E-state index in [1.54, 1.807) is 0 Å². The van der Waals surface area contributed by atoms with Crippen LogP contribution in [0.4, 0.5) is 0 Å². The minimum atomic E-state index is 0.880. The molecule has 0 saturated heterocycles. The molecule has 0 aliphatic heterocycles. The van der Waals surface area contributed by atoms with Gasteiger partial charge in [-0.05, 0) is 28.1 Å². The monoisotopic (exact) mass is 189 g/mol. The van der Waals surface area contributed by atoms with E-state index in [2.05, 4.69) is 30.2 Å². The highest BCUT2D eigenvalue weighted by Gasteiger charge is 1.84. The molecule has 3 heteroatoms. The normalized spacial score (nSPS) is 9.25. The molecular weight excluding hydrogens is 185 g/mol. The van der Waals surface area contributed by atoms with E-state index in [1.165, 1.54) is 0 Å². The molecule has 0 spiro atoms. The van der Waals surface area contributed by atoms with Crippen LogP contribution in [0.1, 0.15) is 0 Å². The van der Waals surface area contributed by atoms with Crippen LogP contribution in [0.15, 0.2) is 22.8 Å². The maximum absolute atomic E-state index is 4.05. The average Bonchev–Trinajstić information content (AvgIpc) is 1.64. The van der Waals surface area contributed by atoms with Crippen LogP contribution in [-0.4, -0.2) is 4.98 Å². The van der Waals surface area contributed by atoms with Crippen molar-refractivity contribution in [3.05, 3.63) is 22.8 Å². The predicted octanol–water partition coefficient (Wildman–Crippen LogP) is 1.34. The van der Waals surface area contributed by atoms with Crippen molar-refractivity contribution < 1.29 is 0 Å². The number of rotatable bonds is 0. The van der Waals surface area contributed by atoms with E-state index < -0.39 is 0 Å². The van der Waals surface area contributed by atoms with Gasteiger partial charge in [0.2, 0.25) is 0 Å². The summed E-state index contributed by atoms with van der Waals surface area (Å²) in [4.78, 5) is 4.05. The Morgan fingerprint density at radius 2 is 2.25 bits per heavy atom. The highest BCUT2D eigenvalue weighted by atomic mass is 79.9. The molecule has 0 N–H and O–H groups in total. The number of halogens is 1. The van der Waals surface area contributed by atoms with Gasteiger partial charge in [-0.3, -0.25) is 0 Å². The lowest BCUT2D eigenvalue weighted by atomic mass is 10.5. The molecule has 1 atom stereocenters. The molecule has 1 nitrogen and oxygen atoms in total. The minimum Gasteiger partial charge on any atom is -0.242 e. The molecule has 1 rings (SSSR count). The molecule has 42 valence electrons. The van der Waals surface area contributed by atoms with Gasteiger partial charge in [0.15, 0.2) is 0 Å². The third-order valence-electron chi connectivity index (χ3n) is 0.737. The van der Waals surface area contributed by atoms with Gasteiger partial charge in [0.25, 0.3) is 0 Å². The first kappa shape index (κ1) is 6.18. The van der Waals surface area contributed by atoms with Crippen molar-refractivity contribution >= 4 is 30.6 Å². The summed E-state index contributed by atoms with van der Waals surface area (Å²) >= 11 is 3.24. The van der Waals surface area contributed by atoms with E-state index in [0.29, 0.717) is 0 Å². The van der Waals surface area contributed by atoms with Gasteiger partial charge in [-0.15, -0.1) is 0 Å². The lowest BCUT2D eigenvalue weighted by molar-refractivity contribution is 1.34. The number of pyridine rings is 1. The molecule has 1 aromatic heterocycles. The van der Waals surface area contributed by atoms with Crippen LogP contribution >= 0.6 is 25.2 Å². The summed E-state index contributed by atoms with van der Waals surface area (Å²) < 4.78 is 0.880. The predicted molar refractivity (Wildman–Crippen MR) is 41.3 cm³/mol. The number of aromatic nitrogens is 1. The molecule has 1 aromatic rings. The van der Waals surface area contributed by atoms with Crippen LogP contribution in [-0.2, 0) is 0 Å². The first-order chi connectivity index (χ1) is 3.79. The van der Waals surface area contributed by atoms with Gasteiger partial charge in [-0.25, -0.2) is 4.98 Å². The van der Waals surface area contributed by atoms with Crippen LogP contribution in [0.5, 0.6) is 0 Å². The van der Waals surface area contributed by atoms with Gasteiger partial charge >= 0.3 is 0 Å². The van der Waals surface area contributed by atoms with Gasteiger partial charge in [0.05, 0.1) is 5.44 Å². The number of hydrogen-bond donors (Lipinski definition) is 0. The van der Waals surface area contributed by atoms with Gasteiger partial charge in [0, 0.05) is 0 Å². The summed E-state index contributed by atoms with van der Waals surface area (Å²) in [5.74, 6) is 0. The van der Waals surface area contributed by atoms with Gasteiger partial charge in [-0.1, -0.05) is 15.3 Å². The molecule has 0 fully saturated rings. The first-order valence-corrected chi connectivity index (χ1v) is 3.54. The zero-order valence-corrected chi connectivity index (χ0v) is 6.88. The van der Waals surface area contributed by atoms with Gasteiger partial charge in [-0.2, -0.15) is 0 Å². The number of hydrogen-bond acceptors (Lipinski definition) is 1. The molecule has 0 aliphatic carbocycles. The minimum absolute atomic E-state index is 0.880. The van der Waals surface area contributed by atoms with Gasteiger partial charge in [0.1, 0.15) is 4.60 Å². The van der Waals surface area contributed by atoms with Crippen molar-refractivity contribution in [2.24, 2.45) is 0 Å². The second-order valence-electron chi connectivity index (χ2n) is 1.39.